The van der Waals surface area contributed by atoms with Crippen LogP contribution in [0.4, 0.5) is 0 Å². The summed E-state index contributed by atoms with van der Waals surface area (Å²) in [7, 11) is 0. The lowest BCUT2D eigenvalue weighted by atomic mass is 9.82. The molecule has 0 aromatic carbocycles. The number of amides is 2. The lowest BCUT2D eigenvalue weighted by Gasteiger charge is -2.28. The Morgan fingerprint density at radius 3 is 2.12 bits per heavy atom. The average molecular weight is 242 g/mol. The van der Waals surface area contributed by atoms with Crippen molar-refractivity contribution in [2.24, 2.45) is 11.3 Å². The molecular formula is C13H26N2O2. The quantitative estimate of drug-likeness (QED) is 0.714. The van der Waals surface area contributed by atoms with E-state index in [9.17, 15) is 9.59 Å². The van der Waals surface area contributed by atoms with Gasteiger partial charge in [-0.3, -0.25) is 9.59 Å². The summed E-state index contributed by atoms with van der Waals surface area (Å²) in [6.07, 6.45) is 2.01. The van der Waals surface area contributed by atoms with E-state index in [0.29, 0.717) is 12.5 Å². The number of hydrogen-bond donors (Lipinski definition) is 2. The van der Waals surface area contributed by atoms with Gasteiger partial charge in [0.2, 0.25) is 11.8 Å². The Kier molecular flexibility index (Phi) is 6.85. The van der Waals surface area contributed by atoms with Crippen LogP contribution >= 0.6 is 0 Å². The highest BCUT2D eigenvalue weighted by Crippen LogP contribution is 2.25. The van der Waals surface area contributed by atoms with E-state index in [1.165, 1.54) is 13.8 Å². The summed E-state index contributed by atoms with van der Waals surface area (Å²) in [6, 6.07) is 0. The molecule has 0 radical (unpaired) electrons. The molecule has 0 rings (SSSR count). The summed E-state index contributed by atoms with van der Waals surface area (Å²) >= 11 is 0. The third-order valence-corrected chi connectivity index (χ3v) is 2.73. The van der Waals surface area contributed by atoms with Gasteiger partial charge in [0, 0.05) is 26.9 Å². The van der Waals surface area contributed by atoms with Crippen LogP contribution in [0, 0.1) is 11.3 Å². The highest BCUT2D eigenvalue weighted by atomic mass is 16.1. The summed E-state index contributed by atoms with van der Waals surface area (Å²) in [5, 5.41) is 5.66. The van der Waals surface area contributed by atoms with Crippen LogP contribution in [-0.4, -0.2) is 24.9 Å². The van der Waals surface area contributed by atoms with Gasteiger partial charge in [-0.2, -0.15) is 0 Å². The fraction of sp³-hybridized carbons (Fsp3) is 0.846. The van der Waals surface area contributed by atoms with Gasteiger partial charge < -0.3 is 10.6 Å². The van der Waals surface area contributed by atoms with E-state index in [2.05, 4.69) is 31.4 Å². The van der Waals surface area contributed by atoms with Gasteiger partial charge in [0.25, 0.3) is 0 Å². The van der Waals surface area contributed by atoms with E-state index in [4.69, 9.17) is 0 Å². The van der Waals surface area contributed by atoms with Gasteiger partial charge in [-0.25, -0.2) is 0 Å². The maximum atomic E-state index is 10.9. The molecule has 2 amide bonds. The zero-order chi connectivity index (χ0) is 13.5. The Balaban J connectivity index is 3.87. The molecule has 0 aliphatic rings. The molecule has 0 saturated carbocycles. The molecule has 4 heteroatoms. The molecule has 0 aromatic heterocycles. The molecule has 0 saturated heterocycles. The van der Waals surface area contributed by atoms with Crippen LogP contribution in [0.2, 0.25) is 0 Å². The molecule has 0 spiro atoms. The molecule has 1 unspecified atom stereocenters. The first-order chi connectivity index (χ1) is 7.73. The van der Waals surface area contributed by atoms with Crippen molar-refractivity contribution in [1.82, 2.24) is 10.6 Å². The fourth-order valence-corrected chi connectivity index (χ4v) is 1.98. The van der Waals surface area contributed by atoms with Crippen LogP contribution in [-0.2, 0) is 9.59 Å². The number of rotatable bonds is 7. The maximum Gasteiger partial charge on any atom is 0.216 e. The molecule has 0 aliphatic heterocycles. The summed E-state index contributed by atoms with van der Waals surface area (Å²) in [5.41, 5.74) is 0.0985. The molecule has 0 fully saturated rings. The van der Waals surface area contributed by atoms with Crippen molar-refractivity contribution in [3.63, 3.8) is 0 Å². The molecular weight excluding hydrogens is 216 g/mol. The SMILES string of the molecule is CC(=O)NCCC(C)CC(C)(C)CNC(C)=O. The summed E-state index contributed by atoms with van der Waals surface area (Å²) in [5.74, 6) is 0.573. The molecule has 0 aromatic rings. The van der Waals surface area contributed by atoms with Crippen molar-refractivity contribution in [2.75, 3.05) is 13.1 Å². The largest absolute Gasteiger partial charge is 0.356 e. The van der Waals surface area contributed by atoms with E-state index < -0.39 is 0 Å². The Hall–Kier alpha value is -1.06. The predicted octanol–water partition coefficient (Wildman–Crippen LogP) is 1.70. The second-order valence-electron chi connectivity index (χ2n) is 5.65. The summed E-state index contributed by atoms with van der Waals surface area (Å²) < 4.78 is 0. The topological polar surface area (TPSA) is 58.2 Å². The Morgan fingerprint density at radius 1 is 1.12 bits per heavy atom. The second-order valence-corrected chi connectivity index (χ2v) is 5.65. The van der Waals surface area contributed by atoms with Crippen molar-refractivity contribution in [2.45, 2.75) is 47.5 Å². The van der Waals surface area contributed by atoms with E-state index in [0.717, 1.165) is 19.4 Å². The normalized spacial score (nSPS) is 13.0. The lowest BCUT2D eigenvalue weighted by molar-refractivity contribution is -0.120. The number of nitrogens with one attached hydrogen (secondary N) is 2. The fourth-order valence-electron chi connectivity index (χ4n) is 1.98. The van der Waals surface area contributed by atoms with Gasteiger partial charge in [-0.05, 0) is 24.2 Å². The zero-order valence-electron chi connectivity index (χ0n) is 11.7. The van der Waals surface area contributed by atoms with E-state index in [1.807, 2.05) is 0 Å². The van der Waals surface area contributed by atoms with Crippen LogP contribution in [0.25, 0.3) is 0 Å². The minimum Gasteiger partial charge on any atom is -0.356 e. The van der Waals surface area contributed by atoms with Crippen LogP contribution in [0.5, 0.6) is 0 Å². The van der Waals surface area contributed by atoms with Gasteiger partial charge in [-0.15, -0.1) is 0 Å². The van der Waals surface area contributed by atoms with Gasteiger partial charge in [0.05, 0.1) is 0 Å². The van der Waals surface area contributed by atoms with Crippen LogP contribution in [0.3, 0.4) is 0 Å². The van der Waals surface area contributed by atoms with Gasteiger partial charge in [-0.1, -0.05) is 20.8 Å². The summed E-state index contributed by atoms with van der Waals surface area (Å²) in [6.45, 7) is 11.0. The van der Waals surface area contributed by atoms with E-state index >= 15 is 0 Å². The average Bonchev–Trinajstić information content (AvgIpc) is 2.13. The Bertz CT molecular complexity index is 262. The number of carbonyl (C=O) groups is 2. The van der Waals surface area contributed by atoms with Crippen molar-refractivity contribution >= 4 is 11.8 Å². The zero-order valence-corrected chi connectivity index (χ0v) is 11.7. The molecule has 0 bridgehead atoms. The molecule has 0 aliphatic carbocycles. The number of hydrogen-bond acceptors (Lipinski definition) is 2. The Morgan fingerprint density at radius 2 is 1.65 bits per heavy atom. The number of carbonyl (C=O) groups excluding carboxylic acids is 2. The molecule has 1 atom stereocenters. The van der Waals surface area contributed by atoms with E-state index in [-0.39, 0.29) is 17.2 Å². The van der Waals surface area contributed by atoms with Gasteiger partial charge >= 0.3 is 0 Å². The second kappa shape index (κ2) is 7.30. The van der Waals surface area contributed by atoms with Crippen LogP contribution in [0.1, 0.15) is 47.5 Å². The first kappa shape index (κ1) is 15.9. The van der Waals surface area contributed by atoms with Crippen molar-refractivity contribution < 1.29 is 9.59 Å². The first-order valence-electron chi connectivity index (χ1n) is 6.22. The van der Waals surface area contributed by atoms with Crippen molar-refractivity contribution in [1.29, 1.82) is 0 Å². The third-order valence-electron chi connectivity index (χ3n) is 2.73. The molecule has 4 nitrogen and oxygen atoms in total. The molecule has 17 heavy (non-hydrogen) atoms. The van der Waals surface area contributed by atoms with E-state index in [1.54, 1.807) is 0 Å². The lowest BCUT2D eigenvalue weighted by Crippen LogP contribution is -2.34. The highest BCUT2D eigenvalue weighted by molar-refractivity contribution is 5.73. The standard InChI is InChI=1S/C13H26N2O2/c1-10(6-7-14-11(2)16)8-13(4,5)9-15-12(3)17/h10H,6-9H2,1-5H3,(H,14,16)(H,15,17). The van der Waals surface area contributed by atoms with Crippen LogP contribution < -0.4 is 10.6 Å². The minimum atomic E-state index is 0.0176. The summed E-state index contributed by atoms with van der Waals surface area (Å²) in [4.78, 5) is 21.6. The minimum absolute atomic E-state index is 0.0176. The Labute approximate surface area is 105 Å². The first-order valence-corrected chi connectivity index (χ1v) is 6.22. The third kappa shape index (κ3) is 9.85. The van der Waals surface area contributed by atoms with Gasteiger partial charge in [0.15, 0.2) is 0 Å². The molecule has 2 N–H and O–H groups in total. The highest BCUT2D eigenvalue weighted by Gasteiger charge is 2.21. The predicted molar refractivity (Wildman–Crippen MR) is 69.5 cm³/mol. The molecule has 0 heterocycles. The van der Waals surface area contributed by atoms with Gasteiger partial charge in [0.1, 0.15) is 0 Å². The molecule has 100 valence electrons. The van der Waals surface area contributed by atoms with Crippen molar-refractivity contribution in [3.8, 4) is 0 Å². The monoisotopic (exact) mass is 242 g/mol. The van der Waals surface area contributed by atoms with Crippen molar-refractivity contribution in [3.05, 3.63) is 0 Å². The smallest absolute Gasteiger partial charge is 0.216 e. The van der Waals surface area contributed by atoms with Crippen LogP contribution in [0.15, 0.2) is 0 Å². The maximum absolute atomic E-state index is 10.9.